The highest BCUT2D eigenvalue weighted by Crippen LogP contribution is 2.30. The summed E-state index contributed by atoms with van der Waals surface area (Å²) in [6, 6.07) is 0. The van der Waals surface area contributed by atoms with Crippen LogP contribution in [-0.4, -0.2) is 28.8 Å². The lowest BCUT2D eigenvalue weighted by atomic mass is 10.00. The summed E-state index contributed by atoms with van der Waals surface area (Å²) < 4.78 is 11.1. The number of rotatable bonds is 4. The van der Waals surface area contributed by atoms with Crippen LogP contribution in [0.3, 0.4) is 0 Å². The van der Waals surface area contributed by atoms with Gasteiger partial charge in [-0.1, -0.05) is 30.8 Å². The largest absolute Gasteiger partial charge is 0.363 e. The molecule has 3 rings (SSSR count). The molecule has 19 heavy (non-hydrogen) atoms. The minimum atomic E-state index is -0.0586. The van der Waals surface area contributed by atoms with Gasteiger partial charge in [0.2, 0.25) is 0 Å². The summed E-state index contributed by atoms with van der Waals surface area (Å²) in [5, 5.41) is 7.35. The monoisotopic (exact) mass is 265 g/mol. The summed E-state index contributed by atoms with van der Waals surface area (Å²) in [5.74, 6) is 1.99. The molecule has 5 heteroatoms. The van der Waals surface area contributed by atoms with Crippen LogP contribution in [0, 0.1) is 0 Å². The number of ether oxygens (including phenoxy) is 1. The lowest BCUT2D eigenvalue weighted by Gasteiger charge is -2.38. The van der Waals surface area contributed by atoms with E-state index < -0.39 is 0 Å². The summed E-state index contributed by atoms with van der Waals surface area (Å²) in [6.07, 6.45) is 7.65. The van der Waals surface area contributed by atoms with Crippen LogP contribution in [0.2, 0.25) is 0 Å². The second-order valence-corrected chi connectivity index (χ2v) is 6.08. The van der Waals surface area contributed by atoms with Crippen LogP contribution in [0.1, 0.15) is 63.1 Å². The van der Waals surface area contributed by atoms with E-state index in [2.05, 4.69) is 22.4 Å². The van der Waals surface area contributed by atoms with Gasteiger partial charge in [0.25, 0.3) is 5.89 Å². The van der Waals surface area contributed by atoms with E-state index in [1.807, 2.05) is 0 Å². The van der Waals surface area contributed by atoms with E-state index in [0.29, 0.717) is 18.4 Å². The maximum atomic E-state index is 5.82. The van der Waals surface area contributed by atoms with Crippen molar-refractivity contribution in [1.29, 1.82) is 0 Å². The molecular formula is C14H23N3O2. The summed E-state index contributed by atoms with van der Waals surface area (Å²) in [7, 11) is 0. The number of nitrogens with one attached hydrogen (secondary N) is 1. The molecule has 2 fully saturated rings. The Morgan fingerprint density at radius 2 is 2.00 bits per heavy atom. The van der Waals surface area contributed by atoms with E-state index in [0.717, 1.165) is 18.9 Å². The van der Waals surface area contributed by atoms with E-state index in [9.17, 15) is 0 Å². The van der Waals surface area contributed by atoms with Crippen molar-refractivity contribution in [3.8, 4) is 0 Å². The average Bonchev–Trinajstić information content (AvgIpc) is 2.68. The Labute approximate surface area is 114 Å². The fourth-order valence-electron chi connectivity index (χ4n) is 2.85. The number of nitrogens with zero attached hydrogens (tertiary/aromatic N) is 2. The molecule has 1 N–H and O–H groups in total. The van der Waals surface area contributed by atoms with Gasteiger partial charge in [-0.05, 0) is 19.8 Å². The summed E-state index contributed by atoms with van der Waals surface area (Å²) in [4.78, 5) is 4.51. The lowest BCUT2D eigenvalue weighted by molar-refractivity contribution is -0.0841. The molecule has 0 spiro atoms. The zero-order valence-corrected chi connectivity index (χ0v) is 11.7. The van der Waals surface area contributed by atoms with Crippen LogP contribution in [0.5, 0.6) is 0 Å². The third-order valence-electron chi connectivity index (χ3n) is 4.25. The van der Waals surface area contributed by atoms with Gasteiger partial charge in [-0.2, -0.15) is 4.98 Å². The Balaban J connectivity index is 1.56. The average molecular weight is 265 g/mol. The molecule has 5 nitrogen and oxygen atoms in total. The van der Waals surface area contributed by atoms with E-state index in [-0.39, 0.29) is 5.60 Å². The van der Waals surface area contributed by atoms with Crippen molar-refractivity contribution in [1.82, 2.24) is 15.5 Å². The number of hydrogen-bond acceptors (Lipinski definition) is 5. The minimum absolute atomic E-state index is 0.0586. The van der Waals surface area contributed by atoms with Gasteiger partial charge in [-0.15, -0.1) is 0 Å². The lowest BCUT2D eigenvalue weighted by Crippen LogP contribution is -2.58. The predicted molar refractivity (Wildman–Crippen MR) is 70.8 cm³/mol. The molecule has 2 heterocycles. The normalized spacial score (nSPS) is 23.8. The van der Waals surface area contributed by atoms with Crippen LogP contribution in [0.25, 0.3) is 0 Å². The molecule has 1 aliphatic carbocycles. The molecule has 1 saturated heterocycles. The molecule has 1 aliphatic heterocycles. The van der Waals surface area contributed by atoms with Crippen LogP contribution in [0.4, 0.5) is 0 Å². The fraction of sp³-hybridized carbons (Fsp3) is 0.857. The van der Waals surface area contributed by atoms with Crippen molar-refractivity contribution in [2.75, 3.05) is 13.1 Å². The molecule has 0 unspecified atom stereocenters. The highest BCUT2D eigenvalue weighted by atomic mass is 16.5. The Hall–Kier alpha value is -0.940. The molecule has 0 amide bonds. The van der Waals surface area contributed by atoms with Crippen molar-refractivity contribution in [2.45, 2.75) is 63.6 Å². The molecule has 1 saturated carbocycles. The summed E-state index contributed by atoms with van der Waals surface area (Å²) in [6.45, 7) is 4.33. The molecular weight excluding hydrogens is 242 g/mol. The smallest absolute Gasteiger partial charge is 0.252 e. The first kappa shape index (κ1) is 13.1. The van der Waals surface area contributed by atoms with Crippen molar-refractivity contribution >= 4 is 0 Å². The van der Waals surface area contributed by atoms with Gasteiger partial charge < -0.3 is 14.6 Å². The second-order valence-electron chi connectivity index (χ2n) is 6.08. The first-order chi connectivity index (χ1) is 9.25. The van der Waals surface area contributed by atoms with Crippen LogP contribution in [0.15, 0.2) is 4.52 Å². The van der Waals surface area contributed by atoms with Crippen molar-refractivity contribution in [3.05, 3.63) is 11.7 Å². The zero-order chi connectivity index (χ0) is 13.1. The van der Waals surface area contributed by atoms with E-state index >= 15 is 0 Å². The SMILES string of the molecule is CC1(OCc2nc(C3CCCCCC3)no2)CNC1. The van der Waals surface area contributed by atoms with Gasteiger partial charge in [0.1, 0.15) is 6.61 Å². The number of aromatic nitrogens is 2. The van der Waals surface area contributed by atoms with Gasteiger partial charge in [0.15, 0.2) is 5.82 Å². The van der Waals surface area contributed by atoms with Gasteiger partial charge in [-0.25, -0.2) is 0 Å². The van der Waals surface area contributed by atoms with Gasteiger partial charge in [0, 0.05) is 19.0 Å². The van der Waals surface area contributed by atoms with Crippen molar-refractivity contribution in [3.63, 3.8) is 0 Å². The Morgan fingerprint density at radius 3 is 2.63 bits per heavy atom. The van der Waals surface area contributed by atoms with Crippen molar-refractivity contribution in [2.24, 2.45) is 0 Å². The molecule has 0 atom stereocenters. The van der Waals surface area contributed by atoms with E-state index in [4.69, 9.17) is 9.26 Å². The molecule has 1 aromatic rings. The highest BCUT2D eigenvalue weighted by molar-refractivity contribution is 4.96. The third-order valence-corrected chi connectivity index (χ3v) is 4.25. The predicted octanol–water partition coefficient (Wildman–Crippen LogP) is 2.39. The minimum Gasteiger partial charge on any atom is -0.363 e. The van der Waals surface area contributed by atoms with Crippen LogP contribution in [-0.2, 0) is 11.3 Å². The Kier molecular flexibility index (Phi) is 3.84. The number of hydrogen-bond donors (Lipinski definition) is 1. The fourth-order valence-corrected chi connectivity index (χ4v) is 2.85. The molecule has 2 aliphatic rings. The van der Waals surface area contributed by atoms with Gasteiger partial charge in [-0.3, -0.25) is 0 Å². The molecule has 0 radical (unpaired) electrons. The second kappa shape index (κ2) is 5.59. The maximum absolute atomic E-state index is 5.82. The zero-order valence-electron chi connectivity index (χ0n) is 11.7. The topological polar surface area (TPSA) is 60.2 Å². The van der Waals surface area contributed by atoms with Gasteiger partial charge >= 0.3 is 0 Å². The summed E-state index contributed by atoms with van der Waals surface area (Å²) in [5.41, 5.74) is -0.0586. The van der Waals surface area contributed by atoms with Crippen molar-refractivity contribution < 1.29 is 9.26 Å². The van der Waals surface area contributed by atoms with Gasteiger partial charge in [0.05, 0.1) is 5.60 Å². The molecule has 0 bridgehead atoms. The standard InChI is InChI=1S/C14H23N3O2/c1-14(9-15-10-14)18-8-12-16-13(17-19-12)11-6-4-2-3-5-7-11/h11,15H,2-10H2,1H3. The Morgan fingerprint density at radius 1 is 1.26 bits per heavy atom. The quantitative estimate of drug-likeness (QED) is 0.847. The first-order valence-electron chi connectivity index (χ1n) is 7.42. The molecule has 1 aromatic heterocycles. The third kappa shape index (κ3) is 3.15. The maximum Gasteiger partial charge on any atom is 0.252 e. The highest BCUT2D eigenvalue weighted by Gasteiger charge is 2.33. The summed E-state index contributed by atoms with van der Waals surface area (Å²) >= 11 is 0. The van der Waals surface area contributed by atoms with E-state index in [1.165, 1.54) is 38.5 Å². The molecule has 106 valence electrons. The first-order valence-corrected chi connectivity index (χ1v) is 7.42. The van der Waals surface area contributed by atoms with Crippen LogP contribution >= 0.6 is 0 Å². The molecule has 0 aromatic carbocycles. The van der Waals surface area contributed by atoms with Crippen LogP contribution < -0.4 is 5.32 Å². The Bertz CT molecular complexity index is 407. The van der Waals surface area contributed by atoms with E-state index in [1.54, 1.807) is 0 Å².